The first-order valence-corrected chi connectivity index (χ1v) is 5.06. The van der Waals surface area contributed by atoms with Gasteiger partial charge in [-0.15, -0.1) is 0 Å². The molecule has 13 heavy (non-hydrogen) atoms. The fourth-order valence-electron chi connectivity index (χ4n) is 1.11. The molecule has 3 heteroatoms. The van der Waals surface area contributed by atoms with Crippen molar-refractivity contribution in [3.05, 3.63) is 0 Å². The maximum Gasteiger partial charge on any atom is 0.0616 e. The van der Waals surface area contributed by atoms with Crippen LogP contribution in [0.25, 0.3) is 0 Å². The van der Waals surface area contributed by atoms with Crippen LogP contribution >= 0.6 is 0 Å². The average Bonchev–Trinajstić information content (AvgIpc) is 2.13. The van der Waals surface area contributed by atoms with Gasteiger partial charge in [0.15, 0.2) is 0 Å². The van der Waals surface area contributed by atoms with E-state index in [1.807, 2.05) is 13.8 Å². The topological polar surface area (TPSA) is 41.5 Å². The summed E-state index contributed by atoms with van der Waals surface area (Å²) in [7, 11) is 0. The summed E-state index contributed by atoms with van der Waals surface area (Å²) in [5, 5.41) is 12.3. The van der Waals surface area contributed by atoms with E-state index in [4.69, 9.17) is 9.84 Å². The summed E-state index contributed by atoms with van der Waals surface area (Å²) in [6.07, 6.45) is 0. The third-order valence-corrected chi connectivity index (χ3v) is 2.26. The molecule has 3 unspecified atom stereocenters. The molecule has 0 saturated heterocycles. The van der Waals surface area contributed by atoms with E-state index in [0.29, 0.717) is 18.0 Å². The summed E-state index contributed by atoms with van der Waals surface area (Å²) < 4.78 is 5.28. The molecule has 0 aromatic heterocycles. The van der Waals surface area contributed by atoms with Gasteiger partial charge in [-0.1, -0.05) is 6.92 Å². The van der Waals surface area contributed by atoms with Crippen molar-refractivity contribution in [1.29, 1.82) is 0 Å². The molecule has 0 aromatic carbocycles. The first-order valence-electron chi connectivity index (χ1n) is 5.06. The number of hydrogen-bond acceptors (Lipinski definition) is 3. The highest BCUT2D eigenvalue weighted by molar-refractivity contribution is 4.71. The number of rotatable bonds is 7. The molecular formula is C10H23NO2. The van der Waals surface area contributed by atoms with Crippen LogP contribution in [0.2, 0.25) is 0 Å². The number of ether oxygens (including phenoxy) is 1. The number of aliphatic hydroxyl groups is 1. The Morgan fingerprint density at radius 3 is 2.38 bits per heavy atom. The highest BCUT2D eigenvalue weighted by Gasteiger charge is 2.13. The van der Waals surface area contributed by atoms with Crippen molar-refractivity contribution in [2.75, 3.05) is 19.8 Å². The van der Waals surface area contributed by atoms with Crippen LogP contribution in [0.15, 0.2) is 0 Å². The summed E-state index contributed by atoms with van der Waals surface area (Å²) in [5.41, 5.74) is 0. The first kappa shape index (κ1) is 12.9. The maximum absolute atomic E-state index is 8.92. The van der Waals surface area contributed by atoms with Crippen molar-refractivity contribution in [1.82, 2.24) is 5.32 Å². The van der Waals surface area contributed by atoms with E-state index in [1.54, 1.807) is 0 Å². The third kappa shape index (κ3) is 6.02. The molecule has 2 N–H and O–H groups in total. The molecule has 80 valence electrons. The van der Waals surface area contributed by atoms with Gasteiger partial charge in [0.25, 0.3) is 0 Å². The highest BCUT2D eigenvalue weighted by Crippen LogP contribution is 2.01. The smallest absolute Gasteiger partial charge is 0.0616 e. The second kappa shape index (κ2) is 7.30. The van der Waals surface area contributed by atoms with E-state index in [2.05, 4.69) is 19.2 Å². The van der Waals surface area contributed by atoms with Crippen LogP contribution < -0.4 is 5.32 Å². The Kier molecular flexibility index (Phi) is 7.23. The number of nitrogens with one attached hydrogen (secondary N) is 1. The van der Waals surface area contributed by atoms with E-state index < -0.39 is 0 Å². The first-order chi connectivity index (χ1) is 6.11. The quantitative estimate of drug-likeness (QED) is 0.628. The molecule has 0 aromatic rings. The largest absolute Gasteiger partial charge is 0.396 e. The van der Waals surface area contributed by atoms with Crippen LogP contribution in [0.3, 0.4) is 0 Å². The molecule has 0 amide bonds. The van der Waals surface area contributed by atoms with Gasteiger partial charge in [-0.3, -0.25) is 0 Å². The molecule has 0 rings (SSSR count). The lowest BCUT2D eigenvalue weighted by molar-refractivity contribution is 0.116. The van der Waals surface area contributed by atoms with Crippen LogP contribution in [0, 0.1) is 5.92 Å². The fourth-order valence-corrected chi connectivity index (χ4v) is 1.11. The van der Waals surface area contributed by atoms with E-state index in [0.717, 1.165) is 13.2 Å². The molecule has 0 heterocycles. The molecular weight excluding hydrogens is 166 g/mol. The predicted octanol–water partition coefficient (Wildman–Crippen LogP) is 1.02. The van der Waals surface area contributed by atoms with Crippen molar-refractivity contribution >= 4 is 0 Å². The standard InChI is InChI=1S/C10H23NO2/c1-5-13-7-9(3)11-10(4)8(2)6-12/h8-12H,5-7H2,1-4H3. The van der Waals surface area contributed by atoms with Crippen molar-refractivity contribution in [3.8, 4) is 0 Å². The Morgan fingerprint density at radius 1 is 1.31 bits per heavy atom. The van der Waals surface area contributed by atoms with E-state index in [9.17, 15) is 0 Å². The van der Waals surface area contributed by atoms with Gasteiger partial charge in [-0.05, 0) is 26.7 Å². The highest BCUT2D eigenvalue weighted by atomic mass is 16.5. The number of aliphatic hydroxyl groups excluding tert-OH is 1. The van der Waals surface area contributed by atoms with Crippen LogP contribution in [-0.4, -0.2) is 37.0 Å². The molecule has 0 fully saturated rings. The minimum atomic E-state index is 0.232. The Bertz CT molecular complexity index is 119. The Morgan fingerprint density at radius 2 is 1.92 bits per heavy atom. The summed E-state index contributed by atoms with van der Waals surface area (Å²) in [6, 6.07) is 0.685. The molecule has 0 saturated carbocycles. The molecule has 0 aliphatic rings. The normalized spacial score (nSPS) is 18.2. The van der Waals surface area contributed by atoms with Gasteiger partial charge in [0.2, 0.25) is 0 Å². The summed E-state index contributed by atoms with van der Waals surface area (Å²) >= 11 is 0. The molecule has 0 aliphatic carbocycles. The Labute approximate surface area is 81.5 Å². The van der Waals surface area contributed by atoms with Gasteiger partial charge in [0.1, 0.15) is 0 Å². The predicted molar refractivity (Wildman–Crippen MR) is 54.8 cm³/mol. The molecule has 3 atom stereocenters. The fraction of sp³-hybridized carbons (Fsp3) is 1.00. The lowest BCUT2D eigenvalue weighted by atomic mass is 10.0. The van der Waals surface area contributed by atoms with E-state index >= 15 is 0 Å². The van der Waals surface area contributed by atoms with Gasteiger partial charge in [0.05, 0.1) is 6.61 Å². The van der Waals surface area contributed by atoms with Crippen molar-refractivity contribution < 1.29 is 9.84 Å². The molecule has 3 nitrogen and oxygen atoms in total. The Balaban J connectivity index is 3.57. The number of hydrogen-bond donors (Lipinski definition) is 2. The van der Waals surface area contributed by atoms with Crippen LogP contribution in [0.4, 0.5) is 0 Å². The zero-order valence-corrected chi connectivity index (χ0v) is 9.21. The molecule has 0 spiro atoms. The average molecular weight is 189 g/mol. The van der Waals surface area contributed by atoms with Crippen LogP contribution in [0.1, 0.15) is 27.7 Å². The molecule has 0 aliphatic heterocycles. The second-order valence-corrected chi connectivity index (χ2v) is 3.68. The minimum absolute atomic E-state index is 0.232. The second-order valence-electron chi connectivity index (χ2n) is 3.68. The molecule has 0 bridgehead atoms. The third-order valence-electron chi connectivity index (χ3n) is 2.26. The Hall–Kier alpha value is -0.120. The van der Waals surface area contributed by atoms with Crippen molar-refractivity contribution in [2.24, 2.45) is 5.92 Å². The van der Waals surface area contributed by atoms with E-state index in [1.165, 1.54) is 0 Å². The van der Waals surface area contributed by atoms with Gasteiger partial charge < -0.3 is 15.2 Å². The SMILES string of the molecule is CCOCC(C)NC(C)C(C)CO. The van der Waals surface area contributed by atoms with Crippen LogP contribution in [0.5, 0.6) is 0 Å². The zero-order valence-electron chi connectivity index (χ0n) is 9.21. The van der Waals surface area contributed by atoms with Crippen LogP contribution in [-0.2, 0) is 4.74 Å². The van der Waals surface area contributed by atoms with Crippen molar-refractivity contribution in [2.45, 2.75) is 39.8 Å². The van der Waals surface area contributed by atoms with Crippen molar-refractivity contribution in [3.63, 3.8) is 0 Å². The summed E-state index contributed by atoms with van der Waals surface area (Å²) in [6.45, 7) is 9.93. The lowest BCUT2D eigenvalue weighted by Gasteiger charge is -2.23. The van der Waals surface area contributed by atoms with Gasteiger partial charge in [-0.25, -0.2) is 0 Å². The van der Waals surface area contributed by atoms with Gasteiger partial charge >= 0.3 is 0 Å². The monoisotopic (exact) mass is 189 g/mol. The maximum atomic E-state index is 8.92. The minimum Gasteiger partial charge on any atom is -0.396 e. The lowest BCUT2D eigenvalue weighted by Crippen LogP contribution is -2.41. The van der Waals surface area contributed by atoms with E-state index in [-0.39, 0.29) is 6.61 Å². The zero-order chi connectivity index (χ0) is 10.3. The van der Waals surface area contributed by atoms with Gasteiger partial charge in [-0.2, -0.15) is 0 Å². The van der Waals surface area contributed by atoms with Gasteiger partial charge in [0, 0.05) is 25.3 Å². The summed E-state index contributed by atoms with van der Waals surface area (Å²) in [4.78, 5) is 0. The molecule has 0 radical (unpaired) electrons. The summed E-state index contributed by atoms with van der Waals surface area (Å²) in [5.74, 6) is 0.295.